The van der Waals surface area contributed by atoms with Gasteiger partial charge >= 0.3 is 0 Å². The first-order chi connectivity index (χ1) is 11.5. The molecule has 0 aliphatic heterocycles. The van der Waals surface area contributed by atoms with E-state index in [2.05, 4.69) is 10.3 Å². The van der Waals surface area contributed by atoms with Gasteiger partial charge in [-0.05, 0) is 32.0 Å². The molecule has 0 saturated carbocycles. The first-order valence-corrected chi connectivity index (χ1v) is 7.85. The zero-order chi connectivity index (χ0) is 17.3. The van der Waals surface area contributed by atoms with E-state index in [9.17, 15) is 9.59 Å². The molecule has 126 valence electrons. The van der Waals surface area contributed by atoms with Crippen molar-refractivity contribution < 1.29 is 9.53 Å². The summed E-state index contributed by atoms with van der Waals surface area (Å²) >= 11 is 0. The number of nitrogens with one attached hydrogen (secondary N) is 1. The number of aromatic nitrogens is 3. The van der Waals surface area contributed by atoms with E-state index < -0.39 is 0 Å². The van der Waals surface area contributed by atoms with Crippen LogP contribution in [0.1, 0.15) is 24.3 Å². The number of fused-ring (bicyclic) bond motifs is 2. The van der Waals surface area contributed by atoms with Gasteiger partial charge in [0.1, 0.15) is 17.0 Å². The van der Waals surface area contributed by atoms with Crippen molar-refractivity contribution in [2.24, 2.45) is 7.05 Å². The lowest BCUT2D eigenvalue weighted by Gasteiger charge is -2.09. The molecule has 0 radical (unpaired) electrons. The third-order valence-electron chi connectivity index (χ3n) is 3.78. The second-order valence-electron chi connectivity index (χ2n) is 5.85. The van der Waals surface area contributed by atoms with E-state index in [-0.39, 0.29) is 17.6 Å². The van der Waals surface area contributed by atoms with Crippen LogP contribution in [-0.2, 0) is 11.8 Å². The summed E-state index contributed by atoms with van der Waals surface area (Å²) in [4.78, 5) is 29.4. The number of hydrogen-bond donors (Lipinski definition) is 1. The van der Waals surface area contributed by atoms with Gasteiger partial charge in [0, 0.05) is 19.8 Å². The lowest BCUT2D eigenvalue weighted by Crippen LogP contribution is -2.29. The minimum Gasteiger partial charge on any atom is -0.377 e. The predicted molar refractivity (Wildman–Crippen MR) is 91.4 cm³/mol. The zero-order valence-corrected chi connectivity index (χ0v) is 13.9. The van der Waals surface area contributed by atoms with Gasteiger partial charge in [0.05, 0.1) is 18.1 Å². The van der Waals surface area contributed by atoms with Crippen LogP contribution >= 0.6 is 0 Å². The standard InChI is InChI=1S/C17H20N4O3/c1-11(2)24-9-7-18-16(22)13-10-12-15(20(13)3)19-14-6-4-5-8-21(14)17(12)23/h4-6,8,10-11H,7,9H2,1-3H3,(H,18,22). The lowest BCUT2D eigenvalue weighted by molar-refractivity contribution is 0.0744. The number of ether oxygens (including phenoxy) is 1. The van der Waals surface area contributed by atoms with E-state index in [1.165, 1.54) is 4.40 Å². The highest BCUT2D eigenvalue weighted by molar-refractivity contribution is 5.98. The number of pyridine rings is 1. The number of amides is 1. The molecule has 3 aromatic heterocycles. The molecule has 0 bridgehead atoms. The Morgan fingerprint density at radius 2 is 2.17 bits per heavy atom. The van der Waals surface area contributed by atoms with Gasteiger partial charge in [-0.25, -0.2) is 4.98 Å². The second-order valence-corrected chi connectivity index (χ2v) is 5.85. The highest BCUT2D eigenvalue weighted by Crippen LogP contribution is 2.14. The molecule has 0 atom stereocenters. The van der Waals surface area contributed by atoms with Crippen LogP contribution in [0.2, 0.25) is 0 Å². The molecule has 0 unspecified atom stereocenters. The molecule has 0 spiro atoms. The number of nitrogens with zero attached hydrogens (tertiary/aromatic N) is 3. The average Bonchev–Trinajstić information content (AvgIpc) is 2.89. The van der Waals surface area contributed by atoms with Gasteiger partial charge in [-0.15, -0.1) is 0 Å². The van der Waals surface area contributed by atoms with Gasteiger partial charge in [0.15, 0.2) is 0 Å². The predicted octanol–water partition coefficient (Wildman–Crippen LogP) is 1.34. The maximum absolute atomic E-state index is 12.6. The summed E-state index contributed by atoms with van der Waals surface area (Å²) in [7, 11) is 1.73. The Labute approximate surface area is 138 Å². The smallest absolute Gasteiger partial charge is 0.268 e. The van der Waals surface area contributed by atoms with E-state index in [0.717, 1.165) is 0 Å². The fourth-order valence-corrected chi connectivity index (χ4v) is 2.59. The summed E-state index contributed by atoms with van der Waals surface area (Å²) < 4.78 is 8.52. The highest BCUT2D eigenvalue weighted by Gasteiger charge is 2.17. The lowest BCUT2D eigenvalue weighted by atomic mass is 10.3. The quantitative estimate of drug-likeness (QED) is 0.717. The van der Waals surface area contributed by atoms with E-state index >= 15 is 0 Å². The molecule has 3 rings (SSSR count). The van der Waals surface area contributed by atoms with Gasteiger partial charge < -0.3 is 14.6 Å². The molecule has 7 heteroatoms. The summed E-state index contributed by atoms with van der Waals surface area (Å²) in [5.41, 5.74) is 1.26. The van der Waals surface area contributed by atoms with E-state index in [0.29, 0.717) is 35.5 Å². The number of aryl methyl sites for hydroxylation is 1. The highest BCUT2D eigenvalue weighted by atomic mass is 16.5. The summed E-state index contributed by atoms with van der Waals surface area (Å²) in [5.74, 6) is -0.253. The van der Waals surface area contributed by atoms with Crippen molar-refractivity contribution in [1.82, 2.24) is 19.3 Å². The molecule has 1 amide bonds. The maximum atomic E-state index is 12.6. The largest absolute Gasteiger partial charge is 0.377 e. The van der Waals surface area contributed by atoms with Crippen molar-refractivity contribution in [3.8, 4) is 0 Å². The molecular weight excluding hydrogens is 308 g/mol. The minimum atomic E-state index is -0.253. The van der Waals surface area contributed by atoms with Crippen LogP contribution in [0.3, 0.4) is 0 Å². The Kier molecular flexibility index (Phi) is 4.35. The summed E-state index contributed by atoms with van der Waals surface area (Å²) in [5, 5.41) is 3.22. The molecule has 3 heterocycles. The minimum absolute atomic E-state index is 0.121. The van der Waals surface area contributed by atoms with Crippen LogP contribution in [-0.4, -0.2) is 39.1 Å². The second kappa shape index (κ2) is 6.45. The van der Waals surface area contributed by atoms with Crippen LogP contribution < -0.4 is 10.9 Å². The third kappa shape index (κ3) is 2.90. The van der Waals surface area contributed by atoms with Crippen molar-refractivity contribution in [3.63, 3.8) is 0 Å². The van der Waals surface area contributed by atoms with Gasteiger partial charge in [0.25, 0.3) is 11.5 Å². The fraction of sp³-hybridized carbons (Fsp3) is 0.353. The molecule has 0 aliphatic carbocycles. The normalized spacial score (nSPS) is 11.5. The van der Waals surface area contributed by atoms with Gasteiger partial charge in [-0.3, -0.25) is 14.0 Å². The topological polar surface area (TPSA) is 77.6 Å². The number of carbonyl (C=O) groups is 1. The molecule has 3 aromatic rings. The van der Waals surface area contributed by atoms with Crippen LogP contribution in [0.4, 0.5) is 0 Å². The van der Waals surface area contributed by atoms with Crippen LogP contribution in [0.25, 0.3) is 16.7 Å². The average molecular weight is 328 g/mol. The molecule has 0 aromatic carbocycles. The summed E-state index contributed by atoms with van der Waals surface area (Å²) in [6.07, 6.45) is 1.79. The van der Waals surface area contributed by atoms with Crippen LogP contribution in [0.15, 0.2) is 35.3 Å². The van der Waals surface area contributed by atoms with Crippen molar-refractivity contribution in [2.45, 2.75) is 20.0 Å². The fourth-order valence-electron chi connectivity index (χ4n) is 2.59. The summed E-state index contributed by atoms with van der Waals surface area (Å²) in [6, 6.07) is 6.94. The van der Waals surface area contributed by atoms with Crippen molar-refractivity contribution in [1.29, 1.82) is 0 Å². The van der Waals surface area contributed by atoms with Crippen molar-refractivity contribution in [3.05, 3.63) is 46.5 Å². The third-order valence-corrected chi connectivity index (χ3v) is 3.78. The first kappa shape index (κ1) is 16.2. The molecule has 0 fully saturated rings. The SMILES string of the molecule is CC(C)OCCNC(=O)c1cc2c(=O)n3ccccc3nc2n1C. The molecule has 1 N–H and O–H groups in total. The van der Waals surface area contributed by atoms with Crippen molar-refractivity contribution >= 4 is 22.6 Å². The van der Waals surface area contributed by atoms with Gasteiger partial charge in [-0.1, -0.05) is 6.07 Å². The first-order valence-electron chi connectivity index (χ1n) is 7.85. The molecule has 0 aliphatic rings. The van der Waals surface area contributed by atoms with E-state index in [4.69, 9.17) is 4.74 Å². The van der Waals surface area contributed by atoms with Crippen LogP contribution in [0.5, 0.6) is 0 Å². The Morgan fingerprint density at radius 3 is 2.92 bits per heavy atom. The maximum Gasteiger partial charge on any atom is 0.268 e. The Bertz CT molecular complexity index is 956. The van der Waals surface area contributed by atoms with Gasteiger partial charge in [0.2, 0.25) is 0 Å². The van der Waals surface area contributed by atoms with Crippen molar-refractivity contribution in [2.75, 3.05) is 13.2 Å². The Morgan fingerprint density at radius 1 is 1.38 bits per heavy atom. The number of rotatable bonds is 5. The van der Waals surface area contributed by atoms with Gasteiger partial charge in [-0.2, -0.15) is 0 Å². The van der Waals surface area contributed by atoms with E-state index in [1.807, 2.05) is 19.9 Å². The van der Waals surface area contributed by atoms with Crippen LogP contribution in [0, 0.1) is 0 Å². The molecule has 7 nitrogen and oxygen atoms in total. The monoisotopic (exact) mass is 328 g/mol. The Balaban J connectivity index is 1.93. The molecular formula is C17H20N4O3. The Hall–Kier alpha value is -2.67. The summed E-state index contributed by atoms with van der Waals surface area (Å²) in [6.45, 7) is 4.73. The number of hydrogen-bond acceptors (Lipinski definition) is 4. The molecule has 0 saturated heterocycles. The zero-order valence-electron chi connectivity index (χ0n) is 13.9. The molecule has 24 heavy (non-hydrogen) atoms. The van der Waals surface area contributed by atoms with E-state index in [1.54, 1.807) is 36.0 Å². The number of carbonyl (C=O) groups excluding carboxylic acids is 1.